The third kappa shape index (κ3) is 2.78. The largest absolute Gasteiger partial charge is 0.712 e. The van der Waals surface area contributed by atoms with Gasteiger partial charge in [-0.3, -0.25) is 0 Å². The second-order valence-corrected chi connectivity index (χ2v) is 3.18. The summed E-state index contributed by atoms with van der Waals surface area (Å²) in [5, 5.41) is 0.165. The maximum Gasteiger partial charge on any atom is 0.712 e. The molecule has 0 aliphatic carbocycles. The normalized spacial score (nSPS) is 10.1. The minimum absolute atomic E-state index is 0.0602. The Kier molecular flexibility index (Phi) is 4.85. The lowest BCUT2D eigenvalue weighted by Crippen LogP contribution is -2.27. The SMILES string of the molecule is COB(OC)Oc1ccc(Cl)c(OC)c1F. The summed E-state index contributed by atoms with van der Waals surface area (Å²) in [5.74, 6) is -0.839. The fourth-order valence-corrected chi connectivity index (χ4v) is 1.31. The van der Waals surface area contributed by atoms with Crippen LogP contribution in [0.3, 0.4) is 0 Å². The molecule has 0 atom stereocenters. The van der Waals surface area contributed by atoms with Crippen molar-refractivity contribution in [3.8, 4) is 11.5 Å². The van der Waals surface area contributed by atoms with E-state index in [1.807, 2.05) is 0 Å². The van der Waals surface area contributed by atoms with Crippen molar-refractivity contribution in [1.82, 2.24) is 0 Å². The Bertz CT molecular complexity index is 360. The van der Waals surface area contributed by atoms with Gasteiger partial charge in [-0.25, -0.2) is 0 Å². The summed E-state index contributed by atoms with van der Waals surface area (Å²) in [4.78, 5) is 0. The lowest BCUT2D eigenvalue weighted by molar-refractivity contribution is 0.198. The van der Waals surface area contributed by atoms with Crippen LogP contribution in [0.5, 0.6) is 11.5 Å². The monoisotopic (exact) mass is 248 g/mol. The zero-order chi connectivity index (χ0) is 12.1. The van der Waals surface area contributed by atoms with E-state index >= 15 is 0 Å². The summed E-state index contributed by atoms with van der Waals surface area (Å²) in [6.07, 6.45) is 0. The number of methoxy groups -OCH3 is 1. The third-order valence-electron chi connectivity index (χ3n) is 1.83. The molecule has 0 fully saturated rings. The van der Waals surface area contributed by atoms with E-state index in [-0.39, 0.29) is 16.5 Å². The van der Waals surface area contributed by atoms with Crippen molar-refractivity contribution in [2.75, 3.05) is 21.3 Å². The molecule has 0 bridgehead atoms. The first-order valence-electron chi connectivity index (χ1n) is 4.38. The minimum atomic E-state index is -0.986. The Morgan fingerprint density at radius 3 is 2.31 bits per heavy atom. The van der Waals surface area contributed by atoms with Crippen molar-refractivity contribution in [2.24, 2.45) is 0 Å². The summed E-state index contributed by atoms with van der Waals surface area (Å²) in [6, 6.07) is 2.83. The van der Waals surface area contributed by atoms with Crippen LogP contribution in [-0.4, -0.2) is 28.7 Å². The molecule has 1 aromatic rings. The van der Waals surface area contributed by atoms with Gasteiger partial charge in [-0.1, -0.05) is 11.6 Å². The van der Waals surface area contributed by atoms with Crippen molar-refractivity contribution in [2.45, 2.75) is 0 Å². The number of hydrogen-bond acceptors (Lipinski definition) is 4. The van der Waals surface area contributed by atoms with Crippen LogP contribution in [0.2, 0.25) is 5.02 Å². The molecule has 0 aliphatic rings. The second kappa shape index (κ2) is 5.93. The molecule has 0 aliphatic heterocycles. The van der Waals surface area contributed by atoms with E-state index in [1.54, 1.807) is 0 Å². The Hall–Kier alpha value is -0.975. The van der Waals surface area contributed by atoms with Crippen molar-refractivity contribution >= 4 is 18.9 Å². The Morgan fingerprint density at radius 1 is 1.19 bits per heavy atom. The van der Waals surface area contributed by atoms with E-state index in [4.69, 9.17) is 30.3 Å². The molecule has 1 rings (SSSR count). The summed E-state index contributed by atoms with van der Waals surface area (Å²) in [7, 11) is 3.08. The zero-order valence-electron chi connectivity index (χ0n) is 9.12. The smallest absolute Gasteiger partial charge is 0.509 e. The van der Waals surface area contributed by atoms with E-state index in [0.717, 1.165) is 0 Å². The number of rotatable bonds is 5. The summed E-state index contributed by atoms with van der Waals surface area (Å²) in [6.45, 7) is 0. The quantitative estimate of drug-likeness (QED) is 0.748. The fraction of sp³-hybridized carbons (Fsp3) is 0.333. The lowest BCUT2D eigenvalue weighted by Gasteiger charge is -2.13. The third-order valence-corrected chi connectivity index (χ3v) is 2.12. The van der Waals surface area contributed by atoms with Gasteiger partial charge in [-0.2, -0.15) is 4.39 Å². The molecule has 0 spiro atoms. The van der Waals surface area contributed by atoms with Gasteiger partial charge in [-0.15, -0.1) is 0 Å². The minimum Gasteiger partial charge on any atom is -0.509 e. The maximum absolute atomic E-state index is 13.7. The van der Waals surface area contributed by atoms with Crippen LogP contribution >= 0.6 is 11.6 Å². The molecule has 0 heterocycles. The molecule has 4 nitrogen and oxygen atoms in total. The predicted octanol–water partition coefficient (Wildman–Crippen LogP) is 2.14. The number of benzene rings is 1. The molecule has 88 valence electrons. The highest BCUT2D eigenvalue weighted by Crippen LogP contribution is 2.33. The van der Waals surface area contributed by atoms with Crippen LogP contribution in [0.15, 0.2) is 12.1 Å². The fourth-order valence-electron chi connectivity index (χ4n) is 1.09. The Morgan fingerprint density at radius 2 is 1.81 bits per heavy atom. The molecular formula is C9H11BClFO4. The molecule has 0 N–H and O–H groups in total. The lowest BCUT2D eigenvalue weighted by atomic mass is 10.2. The predicted molar refractivity (Wildman–Crippen MR) is 58.4 cm³/mol. The van der Waals surface area contributed by atoms with E-state index in [1.165, 1.54) is 33.5 Å². The number of ether oxygens (including phenoxy) is 1. The summed E-state index contributed by atoms with van der Waals surface area (Å²) >= 11 is 5.72. The molecule has 1 aromatic carbocycles. The van der Waals surface area contributed by atoms with E-state index in [2.05, 4.69) is 0 Å². The van der Waals surface area contributed by atoms with E-state index < -0.39 is 13.1 Å². The number of hydrogen-bond donors (Lipinski definition) is 0. The Labute approximate surface area is 98.4 Å². The molecule has 0 unspecified atom stereocenters. The van der Waals surface area contributed by atoms with Crippen LogP contribution in [0.1, 0.15) is 0 Å². The van der Waals surface area contributed by atoms with Crippen LogP contribution in [-0.2, 0) is 9.31 Å². The molecule has 7 heteroatoms. The molecule has 0 radical (unpaired) electrons. The Balaban J connectivity index is 2.97. The topological polar surface area (TPSA) is 36.9 Å². The molecule has 0 aromatic heterocycles. The standard InChI is InChI=1S/C9H11BClFO4/c1-13-9-6(11)4-5-7(8(9)12)16-10(14-2)15-3/h4-5H,1-3H3. The molecule has 0 saturated carbocycles. The van der Waals surface area contributed by atoms with Crippen LogP contribution < -0.4 is 9.39 Å². The van der Waals surface area contributed by atoms with Crippen molar-refractivity contribution in [3.63, 3.8) is 0 Å². The second-order valence-electron chi connectivity index (χ2n) is 2.77. The van der Waals surface area contributed by atoms with E-state index in [0.29, 0.717) is 0 Å². The van der Waals surface area contributed by atoms with Crippen molar-refractivity contribution in [3.05, 3.63) is 23.0 Å². The van der Waals surface area contributed by atoms with Gasteiger partial charge in [0.25, 0.3) is 0 Å². The molecule has 0 saturated heterocycles. The van der Waals surface area contributed by atoms with Gasteiger partial charge >= 0.3 is 7.32 Å². The van der Waals surface area contributed by atoms with Gasteiger partial charge in [0.05, 0.1) is 12.1 Å². The molecular weight excluding hydrogens is 237 g/mol. The van der Waals surface area contributed by atoms with Crippen LogP contribution in [0, 0.1) is 5.82 Å². The van der Waals surface area contributed by atoms with Gasteiger partial charge in [0, 0.05) is 14.2 Å². The first kappa shape index (κ1) is 13.1. The van der Waals surface area contributed by atoms with Crippen molar-refractivity contribution in [1.29, 1.82) is 0 Å². The van der Waals surface area contributed by atoms with Gasteiger partial charge < -0.3 is 18.7 Å². The maximum atomic E-state index is 13.7. The highest BCUT2D eigenvalue weighted by Gasteiger charge is 2.24. The van der Waals surface area contributed by atoms with Gasteiger partial charge in [0.15, 0.2) is 5.75 Å². The highest BCUT2D eigenvalue weighted by atomic mass is 35.5. The average Bonchev–Trinajstić information content (AvgIpc) is 2.29. The van der Waals surface area contributed by atoms with Crippen molar-refractivity contribution < 1.29 is 23.1 Å². The summed E-state index contributed by atoms with van der Waals surface area (Å²) < 4.78 is 33.2. The number of halogens is 2. The first-order valence-corrected chi connectivity index (χ1v) is 4.76. The van der Waals surface area contributed by atoms with E-state index in [9.17, 15) is 4.39 Å². The van der Waals surface area contributed by atoms with Gasteiger partial charge in [0.2, 0.25) is 5.82 Å². The summed E-state index contributed by atoms with van der Waals surface area (Å²) in [5.41, 5.74) is 0. The van der Waals surface area contributed by atoms with Crippen LogP contribution in [0.4, 0.5) is 4.39 Å². The van der Waals surface area contributed by atoms with Gasteiger partial charge in [0.1, 0.15) is 5.75 Å². The zero-order valence-corrected chi connectivity index (χ0v) is 9.88. The molecule has 16 heavy (non-hydrogen) atoms. The highest BCUT2D eigenvalue weighted by molar-refractivity contribution is 6.37. The molecule has 0 amide bonds. The van der Waals surface area contributed by atoms with Crippen LogP contribution in [0.25, 0.3) is 0 Å². The van der Waals surface area contributed by atoms with Gasteiger partial charge in [-0.05, 0) is 12.1 Å². The average molecular weight is 248 g/mol. The first-order chi connectivity index (χ1) is 7.63.